The molecule has 0 aromatic heterocycles. The van der Waals surface area contributed by atoms with Crippen molar-refractivity contribution in [2.24, 2.45) is 0 Å². The van der Waals surface area contributed by atoms with E-state index in [1.165, 1.54) is 37.5 Å². The fourth-order valence-electron chi connectivity index (χ4n) is 6.33. The van der Waals surface area contributed by atoms with E-state index in [4.69, 9.17) is 0 Å². The van der Waals surface area contributed by atoms with E-state index in [-0.39, 0.29) is 24.6 Å². The summed E-state index contributed by atoms with van der Waals surface area (Å²) >= 11 is 0. The maximum Gasteiger partial charge on any atom is 0.245 e. The van der Waals surface area contributed by atoms with Crippen LogP contribution in [-0.4, -0.2) is 155 Å². The molecule has 298 valence electrons. The van der Waals surface area contributed by atoms with E-state index in [9.17, 15) is 47.9 Å². The van der Waals surface area contributed by atoms with Gasteiger partial charge >= 0.3 is 0 Å². The van der Waals surface area contributed by atoms with Crippen LogP contribution in [0.5, 0.6) is 0 Å². The first-order valence-electron chi connectivity index (χ1n) is 17.8. The monoisotopic (exact) mass is 796 g/mol. The molecule has 4 saturated heterocycles. The van der Waals surface area contributed by atoms with Crippen molar-refractivity contribution in [3.8, 4) is 0 Å². The molecular formula is C32H48N10O10S2. The predicted molar refractivity (Wildman–Crippen MR) is 195 cm³/mol. The van der Waals surface area contributed by atoms with Gasteiger partial charge in [0, 0.05) is 24.6 Å². The lowest BCUT2D eigenvalue weighted by atomic mass is 10.1. The topological polar surface area (TPSA) is 273 Å². The van der Waals surface area contributed by atoms with Crippen LogP contribution in [0.2, 0.25) is 0 Å². The Hall–Kier alpha value is -4.60. The van der Waals surface area contributed by atoms with Crippen LogP contribution in [0, 0.1) is 0 Å². The zero-order chi connectivity index (χ0) is 39.7. The minimum absolute atomic E-state index is 0.103. The third-order valence-electron chi connectivity index (χ3n) is 9.34. The van der Waals surface area contributed by atoms with Gasteiger partial charge in [-0.25, -0.2) is 0 Å². The second-order valence-corrected chi connectivity index (χ2v) is 16.1. The van der Waals surface area contributed by atoms with Gasteiger partial charge in [-0.2, -0.15) is 0 Å². The van der Waals surface area contributed by atoms with Gasteiger partial charge in [0.1, 0.15) is 48.3 Å². The lowest BCUT2D eigenvalue weighted by Gasteiger charge is -2.29. The van der Waals surface area contributed by atoms with Gasteiger partial charge in [-0.1, -0.05) is 21.6 Å². The van der Waals surface area contributed by atoms with Crippen molar-refractivity contribution in [3.05, 3.63) is 0 Å². The Morgan fingerprint density at radius 3 is 1.20 bits per heavy atom. The second-order valence-electron chi connectivity index (χ2n) is 13.5. The van der Waals surface area contributed by atoms with Gasteiger partial charge in [0.15, 0.2) is 0 Å². The lowest BCUT2D eigenvalue weighted by molar-refractivity contribution is -0.142. The van der Waals surface area contributed by atoms with Crippen LogP contribution < -0.4 is 42.5 Å². The third-order valence-corrected chi connectivity index (χ3v) is 11.8. The molecule has 54 heavy (non-hydrogen) atoms. The Morgan fingerprint density at radius 1 is 0.463 bits per heavy atom. The number of hydrogen-bond acceptors (Lipinski definition) is 12. The van der Waals surface area contributed by atoms with Crippen molar-refractivity contribution >= 4 is 80.7 Å². The summed E-state index contributed by atoms with van der Waals surface area (Å²) in [6, 6.07) is -8.93. The highest BCUT2D eigenvalue weighted by Crippen LogP contribution is 2.24. The van der Waals surface area contributed by atoms with E-state index in [0.29, 0.717) is 25.7 Å². The number of amides is 10. The van der Waals surface area contributed by atoms with E-state index < -0.39 is 120 Å². The van der Waals surface area contributed by atoms with E-state index in [2.05, 4.69) is 42.5 Å². The predicted octanol–water partition coefficient (Wildman–Crippen LogP) is -4.40. The van der Waals surface area contributed by atoms with E-state index in [0.717, 1.165) is 21.6 Å². The molecule has 0 aromatic carbocycles. The molecule has 4 heterocycles. The maximum absolute atomic E-state index is 13.6. The van der Waals surface area contributed by atoms with E-state index in [1.807, 2.05) is 0 Å². The van der Waals surface area contributed by atoms with Crippen LogP contribution in [0.4, 0.5) is 0 Å². The second kappa shape index (κ2) is 19.1. The number of rotatable bonds is 0. The quantitative estimate of drug-likeness (QED) is 0.108. The molecule has 0 aromatic rings. The SMILES string of the molecule is C[C@@H]1NC(=O)CNC(=O)[C@@H]2CCCN2C(=O)[C@H](C)NC(=O)[C@@H]2CSSC[C@H](NC1=O)C(=O)N[C@@H](C)C(=O)N1CCC[C@H]1C(=O)NCC(=O)N[C@@H](C)C(=O)N2. The maximum atomic E-state index is 13.6. The van der Waals surface area contributed by atoms with Gasteiger partial charge in [-0.05, 0) is 53.4 Å². The van der Waals surface area contributed by atoms with E-state index in [1.54, 1.807) is 0 Å². The van der Waals surface area contributed by atoms with Crippen molar-refractivity contribution in [3.63, 3.8) is 0 Å². The fourth-order valence-corrected chi connectivity index (χ4v) is 8.66. The molecule has 0 radical (unpaired) electrons. The molecule has 20 nitrogen and oxygen atoms in total. The number of hydrogen-bond donors (Lipinski definition) is 8. The van der Waals surface area contributed by atoms with Crippen molar-refractivity contribution in [2.45, 2.75) is 102 Å². The highest BCUT2D eigenvalue weighted by Gasteiger charge is 2.39. The van der Waals surface area contributed by atoms with Gasteiger partial charge in [0.2, 0.25) is 59.1 Å². The molecule has 4 aliphatic heterocycles. The van der Waals surface area contributed by atoms with Crippen molar-refractivity contribution < 1.29 is 47.9 Å². The molecule has 4 rings (SSSR count). The van der Waals surface area contributed by atoms with Crippen LogP contribution in [0.1, 0.15) is 53.4 Å². The first kappa shape index (κ1) is 42.1. The van der Waals surface area contributed by atoms with Gasteiger partial charge in [-0.15, -0.1) is 0 Å². The summed E-state index contributed by atoms with van der Waals surface area (Å²) in [5.41, 5.74) is 0. The average molecular weight is 797 g/mol. The largest absolute Gasteiger partial charge is 0.345 e. The molecular weight excluding hydrogens is 749 g/mol. The summed E-state index contributed by atoms with van der Waals surface area (Å²) in [5.74, 6) is -6.92. The summed E-state index contributed by atoms with van der Waals surface area (Å²) in [6.07, 6.45) is 1.61. The summed E-state index contributed by atoms with van der Waals surface area (Å²) in [7, 11) is 2.13. The molecule has 0 aliphatic carbocycles. The number of fused-ring (bicyclic) bond motifs is 7. The molecule has 2 bridgehead atoms. The number of carbonyl (C=O) groups excluding carboxylic acids is 10. The molecule has 4 fully saturated rings. The van der Waals surface area contributed by atoms with Gasteiger partial charge in [0.05, 0.1) is 13.1 Å². The first-order valence-corrected chi connectivity index (χ1v) is 20.3. The Labute approximate surface area is 319 Å². The summed E-state index contributed by atoms with van der Waals surface area (Å²) < 4.78 is 0. The highest BCUT2D eigenvalue weighted by molar-refractivity contribution is 8.76. The number of nitrogens with zero attached hydrogens (tertiary/aromatic N) is 2. The number of carbonyl (C=O) groups is 10. The van der Waals surface area contributed by atoms with Crippen LogP contribution in [0.25, 0.3) is 0 Å². The average Bonchev–Trinajstić information content (AvgIpc) is 3.83. The molecule has 4 aliphatic rings. The summed E-state index contributed by atoms with van der Waals surface area (Å²) in [6.45, 7) is 5.07. The minimum atomic E-state index is -1.26. The van der Waals surface area contributed by atoms with Crippen LogP contribution in [-0.2, 0) is 47.9 Å². The van der Waals surface area contributed by atoms with Gasteiger partial charge < -0.3 is 52.3 Å². The van der Waals surface area contributed by atoms with Gasteiger partial charge in [0.25, 0.3) is 0 Å². The Kier molecular flexibility index (Phi) is 14.9. The zero-order valence-electron chi connectivity index (χ0n) is 30.5. The Balaban J connectivity index is 1.64. The molecule has 0 spiro atoms. The molecule has 0 unspecified atom stereocenters. The third kappa shape index (κ3) is 11.0. The minimum Gasteiger partial charge on any atom is -0.345 e. The normalized spacial score (nSPS) is 32.3. The van der Waals surface area contributed by atoms with Crippen molar-refractivity contribution in [1.82, 2.24) is 52.3 Å². The lowest BCUT2D eigenvalue weighted by Crippen LogP contribution is -2.59. The van der Waals surface area contributed by atoms with Crippen molar-refractivity contribution in [1.29, 1.82) is 0 Å². The van der Waals surface area contributed by atoms with Crippen molar-refractivity contribution in [2.75, 3.05) is 37.7 Å². The Bertz CT molecular complexity index is 1420. The summed E-state index contributed by atoms with van der Waals surface area (Å²) in [5, 5.41) is 20.3. The molecule has 8 N–H and O–H groups in total. The molecule has 22 heteroatoms. The first-order chi connectivity index (χ1) is 25.6. The van der Waals surface area contributed by atoms with Crippen LogP contribution >= 0.6 is 21.6 Å². The smallest absolute Gasteiger partial charge is 0.245 e. The van der Waals surface area contributed by atoms with E-state index >= 15 is 0 Å². The van der Waals surface area contributed by atoms with Gasteiger partial charge in [-0.3, -0.25) is 47.9 Å². The standard InChI is InChI=1S/C32H48N10O10S2/c1-15-25(45)39-19-13-53-54-14-20(28(48)38-18(4)32(52)41-9-5-7-21(41)29(49)33-11-23(43)35-15)40-26(46)16(2)36-24(44)12-34-30(50)22-8-6-10-42(22)31(51)17(3)37-27(19)47/h15-22H,5-14H2,1-4H3,(H,33,49)(H,34,50)(H,35,43)(H,36,44)(H,37,47)(H,38,48)(H,39,45)(H,40,46)/t15-,16-,17-,18-,19-,20-,21-,22-/m0/s1. The zero-order valence-corrected chi connectivity index (χ0v) is 32.1. The Morgan fingerprint density at radius 2 is 0.833 bits per heavy atom. The van der Waals surface area contributed by atoms with Crippen LogP contribution in [0.15, 0.2) is 0 Å². The highest BCUT2D eigenvalue weighted by atomic mass is 33.1. The number of nitrogens with one attached hydrogen (secondary N) is 8. The summed E-state index contributed by atoms with van der Waals surface area (Å²) in [4.78, 5) is 135. The molecule has 8 atom stereocenters. The fraction of sp³-hybridized carbons (Fsp3) is 0.688. The molecule has 0 saturated carbocycles. The molecule has 10 amide bonds. The van der Waals surface area contributed by atoms with Crippen LogP contribution in [0.3, 0.4) is 0 Å².